The summed E-state index contributed by atoms with van der Waals surface area (Å²) >= 11 is 0. The molecule has 0 fully saturated rings. The number of carbonyl (C=O) groups excluding carboxylic acids is 1. The lowest BCUT2D eigenvalue weighted by molar-refractivity contribution is -0.274. The number of ether oxygens (including phenoxy) is 2. The average Bonchev–Trinajstić information content (AvgIpc) is 3.23. The molecular weight excluding hydrogens is 435 g/mol. The Kier molecular flexibility index (Phi) is 4.96. The smallest absolute Gasteiger partial charge is 0.491 e. The van der Waals surface area contributed by atoms with E-state index in [-0.39, 0.29) is 18.3 Å². The average molecular weight is 453 g/mol. The van der Waals surface area contributed by atoms with Crippen LogP contribution in [0.1, 0.15) is 28.0 Å². The van der Waals surface area contributed by atoms with Crippen molar-refractivity contribution in [2.45, 2.75) is 18.3 Å². The van der Waals surface area contributed by atoms with E-state index in [1.807, 2.05) is 24.3 Å². The number of H-pyrrole nitrogens is 1. The number of rotatable bonds is 4. The van der Waals surface area contributed by atoms with Crippen molar-refractivity contribution >= 4 is 16.8 Å². The number of carbonyl (C=O) groups is 1. The maximum absolute atomic E-state index is 13.5. The second-order valence-corrected chi connectivity index (χ2v) is 7.63. The van der Waals surface area contributed by atoms with Crippen molar-refractivity contribution in [2.75, 3.05) is 6.61 Å². The summed E-state index contributed by atoms with van der Waals surface area (Å²) in [5.74, 6) is -0.196. The van der Waals surface area contributed by atoms with Crippen molar-refractivity contribution < 1.29 is 27.4 Å². The molecule has 5 rings (SSSR count). The molecule has 1 aliphatic rings. The van der Waals surface area contributed by atoms with Crippen molar-refractivity contribution in [3.63, 3.8) is 0 Å². The topological polar surface area (TPSA) is 76.2 Å². The molecule has 4 aromatic rings. The van der Waals surface area contributed by atoms with Gasteiger partial charge in [-0.1, -0.05) is 30.3 Å². The molecule has 0 saturated carbocycles. The van der Waals surface area contributed by atoms with Crippen LogP contribution in [0, 0.1) is 0 Å². The van der Waals surface area contributed by atoms with Crippen LogP contribution in [0.4, 0.5) is 13.2 Å². The van der Waals surface area contributed by atoms with Crippen molar-refractivity contribution in [3.05, 3.63) is 89.9 Å². The number of alkyl halides is 3. The minimum Gasteiger partial charge on any atom is -0.491 e. The Hall–Kier alpha value is -4.01. The molecular formula is C24H18F3N3O3. The number of aromatic nitrogens is 2. The summed E-state index contributed by atoms with van der Waals surface area (Å²) in [5.41, 5.74) is 1.20. The highest BCUT2D eigenvalue weighted by atomic mass is 19.4. The fourth-order valence-electron chi connectivity index (χ4n) is 4.20. The predicted molar refractivity (Wildman–Crippen MR) is 114 cm³/mol. The van der Waals surface area contributed by atoms with Crippen LogP contribution in [0.5, 0.6) is 11.5 Å². The Morgan fingerprint density at radius 2 is 1.88 bits per heavy atom. The zero-order valence-corrected chi connectivity index (χ0v) is 17.1. The van der Waals surface area contributed by atoms with Crippen molar-refractivity contribution in [1.82, 2.24) is 15.3 Å². The van der Waals surface area contributed by atoms with E-state index < -0.39 is 11.9 Å². The van der Waals surface area contributed by atoms with Gasteiger partial charge in [0.1, 0.15) is 22.7 Å². The van der Waals surface area contributed by atoms with Gasteiger partial charge >= 0.3 is 6.36 Å². The normalized spacial score (nSPS) is 17.8. The van der Waals surface area contributed by atoms with Crippen LogP contribution in [0.25, 0.3) is 10.9 Å². The summed E-state index contributed by atoms with van der Waals surface area (Å²) in [7, 11) is 0. The largest absolute Gasteiger partial charge is 0.573 e. The first kappa shape index (κ1) is 20.9. The Balaban J connectivity index is 1.58. The molecule has 0 spiro atoms. The minimum atomic E-state index is -4.80. The van der Waals surface area contributed by atoms with Crippen LogP contribution < -0.4 is 14.8 Å². The minimum absolute atomic E-state index is 0.285. The lowest BCUT2D eigenvalue weighted by Gasteiger charge is -2.39. The van der Waals surface area contributed by atoms with Crippen LogP contribution in [-0.2, 0) is 5.54 Å². The van der Waals surface area contributed by atoms with E-state index in [1.165, 1.54) is 24.3 Å². The third-order valence-corrected chi connectivity index (χ3v) is 5.65. The van der Waals surface area contributed by atoms with Gasteiger partial charge in [-0.15, -0.1) is 13.2 Å². The zero-order valence-electron chi connectivity index (χ0n) is 17.1. The van der Waals surface area contributed by atoms with Gasteiger partial charge in [0.2, 0.25) is 0 Å². The maximum Gasteiger partial charge on any atom is 0.573 e. The number of aromatic amines is 1. The van der Waals surface area contributed by atoms with Gasteiger partial charge in [-0.25, -0.2) is 0 Å². The lowest BCUT2D eigenvalue weighted by atomic mass is 9.81. The molecule has 0 aliphatic carbocycles. The number of amides is 1. The van der Waals surface area contributed by atoms with Crippen molar-refractivity contribution in [2.24, 2.45) is 0 Å². The van der Waals surface area contributed by atoms with E-state index >= 15 is 0 Å². The van der Waals surface area contributed by atoms with Crippen LogP contribution >= 0.6 is 0 Å². The maximum atomic E-state index is 13.5. The van der Waals surface area contributed by atoms with Gasteiger partial charge in [0.05, 0.1) is 12.2 Å². The molecule has 1 amide bonds. The fourth-order valence-corrected chi connectivity index (χ4v) is 4.20. The second kappa shape index (κ2) is 7.84. The van der Waals surface area contributed by atoms with E-state index in [0.29, 0.717) is 29.0 Å². The molecule has 2 aromatic heterocycles. The molecule has 0 saturated heterocycles. The van der Waals surface area contributed by atoms with Crippen LogP contribution in [0.3, 0.4) is 0 Å². The van der Waals surface area contributed by atoms with E-state index in [2.05, 4.69) is 20.0 Å². The van der Waals surface area contributed by atoms with Gasteiger partial charge in [0, 0.05) is 29.7 Å². The second-order valence-electron chi connectivity index (χ2n) is 7.63. The number of fused-ring (bicyclic) bond motifs is 2. The third kappa shape index (κ3) is 3.86. The molecule has 1 unspecified atom stereocenters. The zero-order chi connectivity index (χ0) is 23.1. The summed E-state index contributed by atoms with van der Waals surface area (Å²) in [6.45, 7) is 0.285. The predicted octanol–water partition coefficient (Wildman–Crippen LogP) is 4.92. The molecule has 9 heteroatoms. The molecule has 33 heavy (non-hydrogen) atoms. The van der Waals surface area contributed by atoms with Gasteiger partial charge in [-0.05, 0) is 35.9 Å². The van der Waals surface area contributed by atoms with Gasteiger partial charge in [-0.3, -0.25) is 9.78 Å². The highest BCUT2D eigenvalue weighted by molar-refractivity contribution is 6.07. The van der Waals surface area contributed by atoms with E-state index in [0.717, 1.165) is 10.9 Å². The number of hydrogen-bond acceptors (Lipinski definition) is 4. The third-order valence-electron chi connectivity index (χ3n) is 5.65. The Bertz CT molecular complexity index is 1320. The number of para-hydroxylation sites is 1. The number of nitrogens with one attached hydrogen (secondary N) is 2. The molecule has 0 bridgehead atoms. The Labute approximate surface area is 186 Å². The highest BCUT2D eigenvalue weighted by Gasteiger charge is 2.43. The Morgan fingerprint density at radius 1 is 1.09 bits per heavy atom. The summed E-state index contributed by atoms with van der Waals surface area (Å²) in [6.07, 6.45) is -1.24. The number of pyridine rings is 1. The van der Waals surface area contributed by atoms with Crippen LogP contribution in [0.2, 0.25) is 0 Å². The highest BCUT2D eigenvalue weighted by Crippen LogP contribution is 2.41. The van der Waals surface area contributed by atoms with Gasteiger partial charge in [0.15, 0.2) is 0 Å². The summed E-state index contributed by atoms with van der Waals surface area (Å²) in [5, 5.41) is 3.86. The first-order chi connectivity index (χ1) is 15.9. The SMILES string of the molecule is O=C(NC1(c2ccc(OC(F)(F)F)cc2)CCOc2cccnc21)c1c[nH]c2ccccc12. The van der Waals surface area contributed by atoms with Crippen molar-refractivity contribution in [3.8, 4) is 11.5 Å². The molecule has 3 heterocycles. The number of benzene rings is 2. The van der Waals surface area contributed by atoms with Crippen LogP contribution in [-0.4, -0.2) is 28.8 Å². The monoisotopic (exact) mass is 453 g/mol. The molecule has 1 aliphatic heterocycles. The number of hydrogen-bond donors (Lipinski definition) is 2. The standard InChI is InChI=1S/C24H18F3N3O3/c25-24(26,27)33-16-9-7-15(8-10-16)23(11-13-32-20-6-3-12-28-21(20)23)30-22(31)18-14-29-19-5-2-1-4-17(18)19/h1-10,12,14,29H,11,13H2,(H,30,31). The molecule has 168 valence electrons. The van der Waals surface area contributed by atoms with E-state index in [4.69, 9.17) is 4.74 Å². The molecule has 1 atom stereocenters. The van der Waals surface area contributed by atoms with E-state index in [9.17, 15) is 18.0 Å². The fraction of sp³-hybridized carbons (Fsp3) is 0.167. The quantitative estimate of drug-likeness (QED) is 0.460. The summed E-state index contributed by atoms with van der Waals surface area (Å²) < 4.78 is 47.6. The summed E-state index contributed by atoms with van der Waals surface area (Å²) in [4.78, 5) is 21.0. The Morgan fingerprint density at radius 3 is 2.67 bits per heavy atom. The first-order valence-corrected chi connectivity index (χ1v) is 10.2. The first-order valence-electron chi connectivity index (χ1n) is 10.2. The lowest BCUT2D eigenvalue weighted by Crippen LogP contribution is -2.50. The van der Waals surface area contributed by atoms with E-state index in [1.54, 1.807) is 24.5 Å². The molecule has 6 nitrogen and oxygen atoms in total. The van der Waals surface area contributed by atoms with Crippen molar-refractivity contribution in [1.29, 1.82) is 0 Å². The van der Waals surface area contributed by atoms with Crippen LogP contribution in [0.15, 0.2) is 73.1 Å². The molecule has 0 radical (unpaired) electrons. The molecule has 2 aromatic carbocycles. The summed E-state index contributed by atoms with van der Waals surface area (Å²) in [6, 6.07) is 16.3. The van der Waals surface area contributed by atoms with Gasteiger partial charge in [-0.2, -0.15) is 0 Å². The number of nitrogens with zero attached hydrogens (tertiary/aromatic N) is 1. The number of halogens is 3. The van der Waals surface area contributed by atoms with Gasteiger partial charge in [0.25, 0.3) is 5.91 Å². The van der Waals surface area contributed by atoms with Gasteiger partial charge < -0.3 is 19.8 Å². The molecule has 2 N–H and O–H groups in total.